The molecule has 0 aliphatic rings. The second-order valence-electron chi connectivity index (χ2n) is 3.13. The Bertz CT molecular complexity index is 528. The minimum atomic E-state index is -0.389. The second-order valence-corrected chi connectivity index (χ2v) is 3.57. The van der Waals surface area contributed by atoms with Gasteiger partial charge in [0.1, 0.15) is 0 Å². The number of pyridine rings is 1. The van der Waals surface area contributed by atoms with Crippen LogP contribution in [-0.2, 0) is 6.54 Å². The van der Waals surface area contributed by atoms with Crippen molar-refractivity contribution in [2.45, 2.75) is 6.54 Å². The van der Waals surface area contributed by atoms with Gasteiger partial charge in [-0.25, -0.2) is 0 Å². The van der Waals surface area contributed by atoms with E-state index in [1.165, 1.54) is 0 Å². The van der Waals surface area contributed by atoms with Crippen LogP contribution in [0.15, 0.2) is 30.5 Å². The Hall–Kier alpha value is -1.68. The van der Waals surface area contributed by atoms with Crippen molar-refractivity contribution in [1.29, 1.82) is 0 Å². The number of nitrogens with zero attached hydrogens (tertiary/aromatic N) is 2. The first-order valence-electron chi connectivity index (χ1n) is 4.32. The zero-order valence-electron chi connectivity index (χ0n) is 7.68. The van der Waals surface area contributed by atoms with E-state index in [9.17, 15) is 10.1 Å². The van der Waals surface area contributed by atoms with Crippen molar-refractivity contribution < 1.29 is 4.92 Å². The van der Waals surface area contributed by atoms with Crippen LogP contribution in [0.1, 0.15) is 5.56 Å². The van der Waals surface area contributed by atoms with Gasteiger partial charge < -0.3 is 0 Å². The molecule has 0 fully saturated rings. The predicted molar refractivity (Wildman–Crippen MR) is 57.5 cm³/mol. The molecule has 0 saturated carbocycles. The highest BCUT2D eigenvalue weighted by Gasteiger charge is 2.09. The van der Waals surface area contributed by atoms with E-state index in [1.54, 1.807) is 24.4 Å². The summed E-state index contributed by atoms with van der Waals surface area (Å²) < 4.78 is 0. The van der Waals surface area contributed by atoms with Crippen molar-refractivity contribution in [2.75, 3.05) is 0 Å². The van der Waals surface area contributed by atoms with Crippen LogP contribution >= 0.6 is 11.6 Å². The third kappa shape index (κ3) is 2.05. The van der Waals surface area contributed by atoms with Crippen LogP contribution in [0.3, 0.4) is 0 Å². The molecule has 1 heterocycles. The maximum atomic E-state index is 10.5. The van der Waals surface area contributed by atoms with Gasteiger partial charge in [0.2, 0.25) is 6.54 Å². The number of benzene rings is 1. The van der Waals surface area contributed by atoms with Crippen molar-refractivity contribution in [3.63, 3.8) is 0 Å². The number of hydrogen-bond donors (Lipinski definition) is 0. The third-order valence-corrected chi connectivity index (χ3v) is 2.27. The number of aromatic nitrogens is 1. The van der Waals surface area contributed by atoms with Gasteiger partial charge in [-0.15, -0.1) is 0 Å². The van der Waals surface area contributed by atoms with Crippen LogP contribution in [0.25, 0.3) is 10.9 Å². The fourth-order valence-electron chi connectivity index (χ4n) is 1.49. The molecule has 0 atom stereocenters. The molecule has 0 aliphatic heterocycles. The van der Waals surface area contributed by atoms with E-state index in [0.29, 0.717) is 16.1 Å². The molecule has 0 spiro atoms. The van der Waals surface area contributed by atoms with Gasteiger partial charge in [0.15, 0.2) is 0 Å². The summed E-state index contributed by atoms with van der Waals surface area (Å²) in [5.74, 6) is 0. The minimum absolute atomic E-state index is 0.256. The molecule has 0 unspecified atom stereocenters. The topological polar surface area (TPSA) is 56.0 Å². The van der Waals surface area contributed by atoms with Gasteiger partial charge in [-0.2, -0.15) is 0 Å². The van der Waals surface area contributed by atoms with Crippen molar-refractivity contribution in [2.24, 2.45) is 0 Å². The molecule has 15 heavy (non-hydrogen) atoms. The lowest BCUT2D eigenvalue weighted by Crippen LogP contribution is -1.99. The smallest absolute Gasteiger partial charge is 0.231 e. The molecule has 4 nitrogen and oxygen atoms in total. The summed E-state index contributed by atoms with van der Waals surface area (Å²) in [6.45, 7) is -0.256. The van der Waals surface area contributed by atoms with Gasteiger partial charge in [0.25, 0.3) is 0 Å². The average molecular weight is 223 g/mol. The monoisotopic (exact) mass is 222 g/mol. The first-order chi connectivity index (χ1) is 7.16. The largest absolute Gasteiger partial charge is 0.264 e. The summed E-state index contributed by atoms with van der Waals surface area (Å²) in [7, 11) is 0. The summed E-state index contributed by atoms with van der Waals surface area (Å²) >= 11 is 5.86. The van der Waals surface area contributed by atoms with Crippen molar-refractivity contribution >= 4 is 22.5 Å². The average Bonchev–Trinajstić information content (AvgIpc) is 2.16. The number of rotatable bonds is 2. The molecule has 0 bridgehead atoms. The fraction of sp³-hybridized carbons (Fsp3) is 0.100. The van der Waals surface area contributed by atoms with E-state index < -0.39 is 0 Å². The first-order valence-corrected chi connectivity index (χ1v) is 4.69. The summed E-state index contributed by atoms with van der Waals surface area (Å²) in [5.41, 5.74) is 1.18. The highest BCUT2D eigenvalue weighted by molar-refractivity contribution is 6.31. The minimum Gasteiger partial charge on any atom is -0.264 e. The zero-order chi connectivity index (χ0) is 10.8. The highest BCUT2D eigenvalue weighted by atomic mass is 35.5. The molecule has 76 valence electrons. The van der Waals surface area contributed by atoms with Gasteiger partial charge >= 0.3 is 0 Å². The van der Waals surface area contributed by atoms with Crippen molar-refractivity contribution in [1.82, 2.24) is 4.98 Å². The molecular formula is C10H7ClN2O2. The van der Waals surface area contributed by atoms with E-state index >= 15 is 0 Å². The number of hydrogen-bond acceptors (Lipinski definition) is 3. The van der Waals surface area contributed by atoms with E-state index in [0.717, 1.165) is 5.39 Å². The maximum absolute atomic E-state index is 10.5. The Balaban J connectivity index is 2.65. The number of nitro groups is 1. The number of fused-ring (bicyclic) bond motifs is 1. The molecule has 0 aliphatic carbocycles. The molecule has 0 radical (unpaired) electrons. The Labute approximate surface area is 90.7 Å². The fourth-order valence-corrected chi connectivity index (χ4v) is 1.74. The quantitative estimate of drug-likeness (QED) is 0.580. The Morgan fingerprint density at radius 3 is 3.00 bits per heavy atom. The van der Waals surface area contributed by atoms with Gasteiger partial charge in [0.05, 0.1) is 11.1 Å². The van der Waals surface area contributed by atoms with E-state index in [4.69, 9.17) is 11.6 Å². The third-order valence-electron chi connectivity index (χ3n) is 2.05. The standard InChI is InChI=1S/C10H7ClN2O2/c11-9-4-7-2-1-3-12-10(7)8(5-9)6-13(14)15/h1-5H,6H2. The molecular weight excluding hydrogens is 216 g/mol. The Morgan fingerprint density at radius 1 is 1.47 bits per heavy atom. The lowest BCUT2D eigenvalue weighted by atomic mass is 10.1. The van der Waals surface area contributed by atoms with Crippen LogP contribution in [0.5, 0.6) is 0 Å². The molecule has 0 amide bonds. The van der Waals surface area contributed by atoms with Crippen LogP contribution in [-0.4, -0.2) is 9.91 Å². The molecule has 1 aromatic heterocycles. The van der Waals surface area contributed by atoms with Gasteiger partial charge in [-0.1, -0.05) is 17.7 Å². The lowest BCUT2D eigenvalue weighted by molar-refractivity contribution is -0.496. The first kappa shape index (κ1) is 9.86. The summed E-state index contributed by atoms with van der Waals surface area (Å²) in [6, 6.07) is 6.93. The number of halogens is 1. The maximum Gasteiger partial charge on any atom is 0.231 e. The Kier molecular flexibility index (Phi) is 2.51. The summed E-state index contributed by atoms with van der Waals surface area (Å²) in [4.78, 5) is 14.2. The van der Waals surface area contributed by atoms with Gasteiger partial charge in [-0.05, 0) is 18.2 Å². The van der Waals surface area contributed by atoms with Crippen LogP contribution in [0.4, 0.5) is 0 Å². The molecule has 1 aromatic carbocycles. The normalized spacial score (nSPS) is 10.5. The Morgan fingerprint density at radius 2 is 2.27 bits per heavy atom. The van der Waals surface area contributed by atoms with Gasteiger partial charge in [0, 0.05) is 21.5 Å². The van der Waals surface area contributed by atoms with Crippen molar-refractivity contribution in [3.05, 3.63) is 51.2 Å². The van der Waals surface area contributed by atoms with E-state index in [2.05, 4.69) is 4.98 Å². The zero-order valence-corrected chi connectivity index (χ0v) is 8.44. The molecule has 0 N–H and O–H groups in total. The lowest BCUT2D eigenvalue weighted by Gasteiger charge is -2.02. The summed E-state index contributed by atoms with van der Waals surface area (Å²) in [6.07, 6.45) is 1.61. The second kappa shape index (κ2) is 3.82. The molecule has 2 aromatic rings. The molecule has 5 heteroatoms. The van der Waals surface area contributed by atoms with E-state index in [1.807, 2.05) is 6.07 Å². The highest BCUT2D eigenvalue weighted by Crippen LogP contribution is 2.22. The van der Waals surface area contributed by atoms with E-state index in [-0.39, 0.29) is 11.5 Å². The summed E-state index contributed by atoms with van der Waals surface area (Å²) in [5, 5.41) is 11.8. The van der Waals surface area contributed by atoms with Crippen LogP contribution in [0.2, 0.25) is 5.02 Å². The molecule has 2 rings (SSSR count). The van der Waals surface area contributed by atoms with Crippen molar-refractivity contribution in [3.8, 4) is 0 Å². The van der Waals surface area contributed by atoms with Gasteiger partial charge in [-0.3, -0.25) is 15.1 Å². The SMILES string of the molecule is O=[N+]([O-])Cc1cc(Cl)cc2cccnc12. The van der Waals surface area contributed by atoms with Crippen LogP contribution < -0.4 is 0 Å². The van der Waals surface area contributed by atoms with Crippen LogP contribution in [0, 0.1) is 10.1 Å². The predicted octanol–water partition coefficient (Wildman–Crippen LogP) is 2.66. The molecule has 0 saturated heterocycles.